The molecule has 3 heterocycles. The van der Waals surface area contributed by atoms with Crippen molar-refractivity contribution in [1.29, 1.82) is 0 Å². The molecule has 0 spiro atoms. The maximum atomic E-state index is 8.87. The fourth-order valence-electron chi connectivity index (χ4n) is 6.60. The molecule has 3 aromatic heterocycles. The van der Waals surface area contributed by atoms with Crippen LogP contribution < -0.4 is 0 Å². The maximum Gasteiger partial charge on any atom is 0.164 e. The number of aromatic nitrogens is 3. The Hall–Kier alpha value is -6.43. The van der Waals surface area contributed by atoms with Gasteiger partial charge in [-0.25, -0.2) is 15.0 Å². The number of furan rings is 1. The monoisotopic (exact) mass is 662 g/mol. The van der Waals surface area contributed by atoms with Gasteiger partial charge in [0.15, 0.2) is 17.5 Å². The maximum absolute atomic E-state index is 8.87. The molecule has 0 aliphatic heterocycles. The highest BCUT2D eigenvalue weighted by Gasteiger charge is 2.18. The van der Waals surface area contributed by atoms with E-state index in [-0.39, 0.29) is 29.7 Å². The molecular formula is C45H27N3OS. The second-order valence-electron chi connectivity index (χ2n) is 12.1. The van der Waals surface area contributed by atoms with Gasteiger partial charge in [0.1, 0.15) is 11.2 Å². The van der Waals surface area contributed by atoms with E-state index in [4.69, 9.17) is 26.2 Å². The lowest BCUT2D eigenvalue weighted by Gasteiger charge is -2.09. The van der Waals surface area contributed by atoms with Gasteiger partial charge in [0, 0.05) is 53.2 Å². The summed E-state index contributed by atoms with van der Waals surface area (Å²) >= 11 is 1.52. The summed E-state index contributed by atoms with van der Waals surface area (Å²) < 4.78 is 50.7. The predicted molar refractivity (Wildman–Crippen MR) is 207 cm³/mol. The van der Waals surface area contributed by atoms with Crippen molar-refractivity contribution in [2.45, 2.75) is 0 Å². The average Bonchev–Trinajstić information content (AvgIpc) is 3.80. The van der Waals surface area contributed by atoms with Gasteiger partial charge in [-0.15, -0.1) is 11.3 Å². The topological polar surface area (TPSA) is 51.8 Å². The van der Waals surface area contributed by atoms with Crippen molar-refractivity contribution in [1.82, 2.24) is 15.0 Å². The molecule has 10 rings (SSSR count). The lowest BCUT2D eigenvalue weighted by Crippen LogP contribution is -2.00. The van der Waals surface area contributed by atoms with Gasteiger partial charge in [0.2, 0.25) is 0 Å². The van der Waals surface area contributed by atoms with Crippen LogP contribution in [0.5, 0.6) is 0 Å². The van der Waals surface area contributed by atoms with Gasteiger partial charge >= 0.3 is 0 Å². The summed E-state index contributed by atoms with van der Waals surface area (Å²) in [4.78, 5) is 15.0. The standard InChI is InChI=1S/C45H27N3OS/c1-4-12-28(13-5-1)33-25-36(29-14-6-2-7-15-29)42-38(26-33)35-22-20-32(27-41(35)50-42)45-47-43(30-16-8-3-9-17-30)46-44(48-45)31-21-23-40-37(24-31)34-18-10-11-19-39(34)49-40/h1-27H/i2D,6D,7D,14D,15D. The summed E-state index contributed by atoms with van der Waals surface area (Å²) in [6, 6.07) is 42.3. The predicted octanol–water partition coefficient (Wildman–Crippen LogP) is 12.5. The highest BCUT2D eigenvalue weighted by atomic mass is 32.1. The van der Waals surface area contributed by atoms with Gasteiger partial charge in [0.25, 0.3) is 0 Å². The molecule has 10 aromatic rings. The van der Waals surface area contributed by atoms with Crippen molar-refractivity contribution in [3.8, 4) is 56.4 Å². The van der Waals surface area contributed by atoms with Gasteiger partial charge in [-0.1, -0.05) is 121 Å². The van der Waals surface area contributed by atoms with Gasteiger partial charge in [-0.3, -0.25) is 0 Å². The fourth-order valence-corrected chi connectivity index (χ4v) is 7.84. The number of benzene rings is 7. The Morgan fingerprint density at radius 3 is 1.84 bits per heavy atom. The molecule has 50 heavy (non-hydrogen) atoms. The number of nitrogens with zero attached hydrogens (tertiary/aromatic N) is 3. The summed E-state index contributed by atoms with van der Waals surface area (Å²) in [5.41, 5.74) is 6.71. The van der Waals surface area contributed by atoms with Crippen molar-refractivity contribution < 1.29 is 11.3 Å². The smallest absolute Gasteiger partial charge is 0.164 e. The molecule has 0 fully saturated rings. The number of thiophene rings is 1. The van der Waals surface area contributed by atoms with Crippen LogP contribution in [0.1, 0.15) is 6.85 Å². The Labute approximate surface area is 299 Å². The zero-order valence-corrected chi connectivity index (χ0v) is 27.2. The van der Waals surface area contributed by atoms with Gasteiger partial charge < -0.3 is 4.42 Å². The molecule has 0 bridgehead atoms. The molecule has 234 valence electrons. The third-order valence-corrected chi connectivity index (χ3v) is 10.2. The van der Waals surface area contributed by atoms with E-state index < -0.39 is 6.04 Å². The van der Waals surface area contributed by atoms with E-state index in [1.54, 1.807) is 0 Å². The van der Waals surface area contributed by atoms with E-state index in [0.717, 1.165) is 69.9 Å². The summed E-state index contributed by atoms with van der Waals surface area (Å²) in [6.45, 7) is 0. The summed E-state index contributed by atoms with van der Waals surface area (Å²) in [5.74, 6) is 1.59. The quantitative estimate of drug-likeness (QED) is 0.184. The molecule has 0 unspecified atom stereocenters. The minimum Gasteiger partial charge on any atom is -0.456 e. The number of hydrogen-bond acceptors (Lipinski definition) is 5. The molecule has 7 aromatic carbocycles. The number of para-hydroxylation sites is 1. The number of rotatable bonds is 5. The number of hydrogen-bond donors (Lipinski definition) is 0. The van der Waals surface area contributed by atoms with Crippen LogP contribution in [0.15, 0.2) is 168 Å². The van der Waals surface area contributed by atoms with Crippen molar-refractivity contribution in [2.24, 2.45) is 0 Å². The van der Waals surface area contributed by atoms with E-state index in [9.17, 15) is 0 Å². The van der Waals surface area contributed by atoms with Gasteiger partial charge in [0.05, 0.1) is 6.85 Å². The Morgan fingerprint density at radius 1 is 0.440 bits per heavy atom. The third kappa shape index (κ3) is 4.87. The third-order valence-electron chi connectivity index (χ3n) is 9.01. The fraction of sp³-hybridized carbons (Fsp3) is 0. The Kier molecular flexibility index (Phi) is 5.54. The molecule has 0 saturated heterocycles. The second-order valence-corrected chi connectivity index (χ2v) is 13.1. The normalized spacial score (nSPS) is 13.0. The summed E-state index contributed by atoms with van der Waals surface area (Å²) in [5, 5.41) is 3.90. The van der Waals surface area contributed by atoms with E-state index in [1.807, 2.05) is 109 Å². The average molecular weight is 663 g/mol. The van der Waals surface area contributed by atoms with E-state index >= 15 is 0 Å². The lowest BCUT2D eigenvalue weighted by molar-refractivity contribution is 0.669. The first kappa shape index (κ1) is 23.8. The van der Waals surface area contributed by atoms with Crippen LogP contribution in [0.4, 0.5) is 0 Å². The van der Waals surface area contributed by atoms with Crippen molar-refractivity contribution in [3.05, 3.63) is 164 Å². The van der Waals surface area contributed by atoms with E-state index in [1.165, 1.54) is 11.3 Å². The Morgan fingerprint density at radius 2 is 1.06 bits per heavy atom. The molecule has 0 aliphatic carbocycles. The van der Waals surface area contributed by atoms with Crippen LogP contribution in [0.3, 0.4) is 0 Å². The minimum atomic E-state index is -0.417. The molecule has 4 nitrogen and oxygen atoms in total. The van der Waals surface area contributed by atoms with Crippen LogP contribution in [0.25, 0.3) is 98.5 Å². The van der Waals surface area contributed by atoms with Crippen LogP contribution >= 0.6 is 11.3 Å². The Balaban J connectivity index is 1.19. The second kappa shape index (κ2) is 11.6. The Bertz CT molecular complexity index is 3130. The first-order valence-electron chi connectivity index (χ1n) is 18.7. The molecule has 0 aliphatic rings. The molecule has 0 radical (unpaired) electrons. The first-order chi connectivity index (χ1) is 26.8. The van der Waals surface area contributed by atoms with Gasteiger partial charge in [-0.05, 0) is 59.2 Å². The van der Waals surface area contributed by atoms with Crippen LogP contribution in [0.2, 0.25) is 0 Å². The molecule has 0 amide bonds. The molecular weight excluding hydrogens is 631 g/mol. The first-order valence-corrected chi connectivity index (χ1v) is 17.0. The zero-order valence-electron chi connectivity index (χ0n) is 31.4. The van der Waals surface area contributed by atoms with Crippen molar-refractivity contribution in [2.75, 3.05) is 0 Å². The van der Waals surface area contributed by atoms with Crippen LogP contribution in [-0.2, 0) is 0 Å². The number of fused-ring (bicyclic) bond motifs is 6. The highest BCUT2D eigenvalue weighted by molar-refractivity contribution is 7.26. The molecule has 0 atom stereocenters. The zero-order chi connectivity index (χ0) is 37.4. The van der Waals surface area contributed by atoms with E-state index in [2.05, 4.69) is 24.3 Å². The van der Waals surface area contributed by atoms with Gasteiger partial charge in [-0.2, -0.15) is 0 Å². The summed E-state index contributed by atoms with van der Waals surface area (Å²) in [6.07, 6.45) is 0. The molecule has 0 N–H and O–H groups in total. The molecule has 0 saturated carbocycles. The van der Waals surface area contributed by atoms with Crippen molar-refractivity contribution >= 4 is 53.4 Å². The highest BCUT2D eigenvalue weighted by Crippen LogP contribution is 2.44. The summed E-state index contributed by atoms with van der Waals surface area (Å²) in [7, 11) is 0. The molecule has 5 heteroatoms. The van der Waals surface area contributed by atoms with E-state index in [0.29, 0.717) is 23.0 Å². The SMILES string of the molecule is [2H]c1c([2H])c([2H])c(-c2cc(-c3ccccc3)cc3c2sc2cc(-c4nc(-c5ccccc5)nc(-c5ccc6oc7ccccc7c6c5)n4)ccc23)c([2H])c1[2H]. The van der Waals surface area contributed by atoms with Crippen LogP contribution in [-0.4, -0.2) is 15.0 Å². The van der Waals surface area contributed by atoms with Crippen LogP contribution in [0, 0.1) is 0 Å². The van der Waals surface area contributed by atoms with Crippen molar-refractivity contribution in [3.63, 3.8) is 0 Å². The largest absolute Gasteiger partial charge is 0.456 e. The lowest BCUT2D eigenvalue weighted by atomic mass is 9.96. The minimum absolute atomic E-state index is 0.178.